The van der Waals surface area contributed by atoms with Gasteiger partial charge in [-0.3, -0.25) is 19.6 Å². The predicted octanol–water partition coefficient (Wildman–Crippen LogP) is 2.11. The lowest BCUT2D eigenvalue weighted by Gasteiger charge is -2.38. The molecule has 2 aliphatic heterocycles. The Morgan fingerprint density at radius 3 is 2.90 bits per heavy atom. The van der Waals surface area contributed by atoms with E-state index in [9.17, 15) is 9.59 Å². The predicted molar refractivity (Wildman–Crippen MR) is 111 cm³/mol. The van der Waals surface area contributed by atoms with Gasteiger partial charge >= 0.3 is 0 Å². The van der Waals surface area contributed by atoms with Crippen molar-refractivity contribution in [2.45, 2.75) is 44.8 Å². The molecular formula is C22H25N5O3. The second-order valence-electron chi connectivity index (χ2n) is 7.76. The van der Waals surface area contributed by atoms with Crippen LogP contribution in [0, 0.1) is 0 Å². The van der Waals surface area contributed by atoms with E-state index < -0.39 is 5.60 Å². The number of carbonyl (C=O) groups excluding carboxylic acids is 2. The van der Waals surface area contributed by atoms with Gasteiger partial charge in [0.05, 0.1) is 12.1 Å². The van der Waals surface area contributed by atoms with Gasteiger partial charge in [-0.1, -0.05) is 18.1 Å². The molecule has 0 saturated carbocycles. The zero-order valence-corrected chi connectivity index (χ0v) is 17.0. The molecule has 2 aromatic heterocycles. The Balaban J connectivity index is 1.36. The molecule has 2 aliphatic rings. The maximum atomic E-state index is 12.9. The normalized spacial score (nSPS) is 20.6. The number of piperidine rings is 1. The van der Waals surface area contributed by atoms with Gasteiger partial charge in [0.2, 0.25) is 0 Å². The Morgan fingerprint density at radius 1 is 1.27 bits per heavy atom. The van der Waals surface area contributed by atoms with Crippen molar-refractivity contribution < 1.29 is 14.4 Å². The third-order valence-electron chi connectivity index (χ3n) is 5.54. The van der Waals surface area contributed by atoms with Gasteiger partial charge in [-0.15, -0.1) is 0 Å². The lowest BCUT2D eigenvalue weighted by Crippen LogP contribution is -2.51. The van der Waals surface area contributed by atoms with E-state index in [4.69, 9.17) is 4.84 Å². The number of oxime groups is 1. The summed E-state index contributed by atoms with van der Waals surface area (Å²) < 4.78 is 0. The summed E-state index contributed by atoms with van der Waals surface area (Å²) >= 11 is 0. The number of likely N-dealkylation sites (tertiary alicyclic amines) is 1. The average Bonchev–Trinajstić information content (AvgIpc) is 3.20. The molecule has 0 radical (unpaired) electrons. The highest BCUT2D eigenvalue weighted by Crippen LogP contribution is 2.34. The highest BCUT2D eigenvalue weighted by molar-refractivity contribution is 6.39. The van der Waals surface area contributed by atoms with E-state index in [-0.39, 0.29) is 11.8 Å². The van der Waals surface area contributed by atoms with Crippen molar-refractivity contribution >= 4 is 17.5 Å². The first-order valence-electron chi connectivity index (χ1n) is 10.2. The summed E-state index contributed by atoms with van der Waals surface area (Å²) in [5.41, 5.74) is 2.17. The summed E-state index contributed by atoms with van der Waals surface area (Å²) in [6.07, 6.45) is 7.81. The molecule has 0 aromatic carbocycles. The fourth-order valence-corrected chi connectivity index (χ4v) is 3.86. The number of amides is 2. The van der Waals surface area contributed by atoms with E-state index in [0.717, 1.165) is 30.5 Å². The SMILES string of the molecule is CCc1ccc(C(=O)N2CCCC3(CC(C(=O)NCc4cccnc4)=NO3)C2)cn1. The first-order valence-corrected chi connectivity index (χ1v) is 10.2. The van der Waals surface area contributed by atoms with Gasteiger partial charge in [0, 0.05) is 43.8 Å². The number of rotatable bonds is 5. The largest absolute Gasteiger partial charge is 0.386 e. The Hall–Kier alpha value is -3.29. The van der Waals surface area contributed by atoms with Crippen molar-refractivity contribution in [1.29, 1.82) is 0 Å². The molecule has 30 heavy (non-hydrogen) atoms. The molecule has 156 valence electrons. The maximum Gasteiger partial charge on any atom is 0.269 e. The van der Waals surface area contributed by atoms with E-state index >= 15 is 0 Å². The summed E-state index contributed by atoms with van der Waals surface area (Å²) in [4.78, 5) is 41.3. The van der Waals surface area contributed by atoms with Crippen molar-refractivity contribution in [2.24, 2.45) is 5.16 Å². The second kappa shape index (κ2) is 8.61. The molecule has 1 atom stereocenters. The molecule has 2 amide bonds. The van der Waals surface area contributed by atoms with E-state index in [1.54, 1.807) is 23.5 Å². The van der Waals surface area contributed by atoms with Crippen molar-refractivity contribution in [3.63, 3.8) is 0 Å². The number of aromatic nitrogens is 2. The van der Waals surface area contributed by atoms with Gasteiger partial charge in [-0.05, 0) is 43.0 Å². The van der Waals surface area contributed by atoms with Crippen LogP contribution >= 0.6 is 0 Å². The van der Waals surface area contributed by atoms with Crippen LogP contribution < -0.4 is 5.32 Å². The van der Waals surface area contributed by atoms with Crippen molar-refractivity contribution in [3.05, 3.63) is 59.7 Å². The zero-order chi connectivity index (χ0) is 21.0. The van der Waals surface area contributed by atoms with Crippen LogP contribution in [0.25, 0.3) is 0 Å². The monoisotopic (exact) mass is 407 g/mol. The number of nitrogens with zero attached hydrogens (tertiary/aromatic N) is 4. The minimum atomic E-state index is -0.633. The number of carbonyl (C=O) groups is 2. The van der Waals surface area contributed by atoms with Crippen molar-refractivity contribution in [2.75, 3.05) is 13.1 Å². The number of aryl methyl sites for hydroxylation is 1. The van der Waals surface area contributed by atoms with Crippen LogP contribution in [-0.2, 0) is 22.6 Å². The third-order valence-corrected chi connectivity index (χ3v) is 5.54. The fraction of sp³-hybridized carbons (Fsp3) is 0.409. The van der Waals surface area contributed by atoms with Gasteiger partial charge in [0.1, 0.15) is 5.71 Å². The zero-order valence-electron chi connectivity index (χ0n) is 17.0. The van der Waals surface area contributed by atoms with Crippen LogP contribution in [0.4, 0.5) is 0 Å². The summed E-state index contributed by atoms with van der Waals surface area (Å²) in [5, 5.41) is 6.91. The molecule has 1 fully saturated rings. The van der Waals surface area contributed by atoms with E-state index in [0.29, 0.717) is 37.3 Å². The van der Waals surface area contributed by atoms with Crippen LogP contribution in [0.3, 0.4) is 0 Å². The maximum absolute atomic E-state index is 12.9. The van der Waals surface area contributed by atoms with E-state index in [1.165, 1.54) is 0 Å². The molecule has 1 spiro atoms. The molecule has 0 aliphatic carbocycles. The topological polar surface area (TPSA) is 96.8 Å². The molecule has 1 saturated heterocycles. The highest BCUT2D eigenvalue weighted by atomic mass is 16.7. The summed E-state index contributed by atoms with van der Waals surface area (Å²) in [7, 11) is 0. The quantitative estimate of drug-likeness (QED) is 0.819. The van der Waals surface area contributed by atoms with Crippen LogP contribution in [0.15, 0.2) is 48.0 Å². The Kier molecular flexibility index (Phi) is 5.74. The van der Waals surface area contributed by atoms with Crippen LogP contribution in [0.5, 0.6) is 0 Å². The summed E-state index contributed by atoms with van der Waals surface area (Å²) in [6.45, 7) is 3.47. The Morgan fingerprint density at radius 2 is 2.17 bits per heavy atom. The smallest absolute Gasteiger partial charge is 0.269 e. The van der Waals surface area contributed by atoms with Crippen molar-refractivity contribution in [1.82, 2.24) is 20.2 Å². The number of nitrogens with one attached hydrogen (secondary N) is 1. The fourth-order valence-electron chi connectivity index (χ4n) is 3.86. The summed E-state index contributed by atoms with van der Waals surface area (Å²) in [6, 6.07) is 7.42. The third kappa shape index (κ3) is 4.32. The summed E-state index contributed by atoms with van der Waals surface area (Å²) in [5.74, 6) is -0.319. The Bertz CT molecular complexity index is 945. The van der Waals surface area contributed by atoms with Gasteiger partial charge in [0.15, 0.2) is 5.60 Å². The number of pyridine rings is 2. The lowest BCUT2D eigenvalue weighted by molar-refractivity contribution is -0.115. The second-order valence-corrected chi connectivity index (χ2v) is 7.76. The van der Waals surface area contributed by atoms with Crippen LogP contribution in [-0.4, -0.2) is 51.1 Å². The molecule has 1 unspecified atom stereocenters. The van der Waals surface area contributed by atoms with Gasteiger partial charge in [0.25, 0.3) is 11.8 Å². The molecule has 0 bridgehead atoms. The van der Waals surface area contributed by atoms with Crippen LogP contribution in [0.1, 0.15) is 47.8 Å². The molecule has 8 nitrogen and oxygen atoms in total. The molecule has 8 heteroatoms. The number of hydrogen-bond donors (Lipinski definition) is 1. The first kappa shape index (κ1) is 20.0. The molecular weight excluding hydrogens is 382 g/mol. The van der Waals surface area contributed by atoms with E-state index in [1.807, 2.05) is 31.2 Å². The molecule has 2 aromatic rings. The first-order chi connectivity index (χ1) is 14.6. The average molecular weight is 407 g/mol. The van der Waals surface area contributed by atoms with Crippen molar-refractivity contribution in [3.8, 4) is 0 Å². The number of hydrogen-bond acceptors (Lipinski definition) is 6. The Labute approximate surface area is 175 Å². The molecule has 4 rings (SSSR count). The lowest BCUT2D eigenvalue weighted by atomic mass is 9.87. The van der Waals surface area contributed by atoms with E-state index in [2.05, 4.69) is 20.4 Å². The standard InChI is InChI=1S/C22H25N5O3/c1-2-18-7-6-17(14-24-18)21(29)27-10-4-8-22(15-27)11-19(26-30-22)20(28)25-13-16-5-3-9-23-12-16/h3,5-7,9,12,14H,2,4,8,10-11,13,15H2,1H3,(H,25,28). The molecule has 1 N–H and O–H groups in total. The minimum absolute atomic E-state index is 0.0673. The van der Waals surface area contributed by atoms with Gasteiger partial charge < -0.3 is 15.1 Å². The highest BCUT2D eigenvalue weighted by Gasteiger charge is 2.45. The minimum Gasteiger partial charge on any atom is -0.386 e. The van der Waals surface area contributed by atoms with Crippen LogP contribution in [0.2, 0.25) is 0 Å². The molecule has 4 heterocycles. The van der Waals surface area contributed by atoms with Gasteiger partial charge in [-0.25, -0.2) is 0 Å². The van der Waals surface area contributed by atoms with Gasteiger partial charge in [-0.2, -0.15) is 0 Å².